The first-order chi connectivity index (χ1) is 13.6. The fourth-order valence-electron chi connectivity index (χ4n) is 3.04. The number of hydrogen-bond acceptors (Lipinski definition) is 3. The summed E-state index contributed by atoms with van der Waals surface area (Å²) in [5.74, 6) is 0.670. The number of carbonyl (C=O) groups excluding carboxylic acids is 2. The van der Waals surface area contributed by atoms with Gasteiger partial charge in [-0.25, -0.2) is 4.98 Å². The minimum atomic E-state index is -0.132. The van der Waals surface area contributed by atoms with Crippen LogP contribution in [0.1, 0.15) is 29.5 Å². The van der Waals surface area contributed by atoms with E-state index in [1.807, 2.05) is 35.8 Å². The summed E-state index contributed by atoms with van der Waals surface area (Å²) in [6, 6.07) is 14.6. The van der Waals surface area contributed by atoms with Gasteiger partial charge in [0, 0.05) is 30.1 Å². The predicted octanol–water partition coefficient (Wildman–Crippen LogP) is 3.19. The number of rotatable bonds is 8. The fraction of sp³-hybridized carbons (Fsp3) is 0.286. The Hall–Kier alpha value is -2.86. The summed E-state index contributed by atoms with van der Waals surface area (Å²) in [6.07, 6.45) is 1.38. The number of fused-ring (bicyclic) bond motifs is 1. The smallest absolute Gasteiger partial charge is 0.251 e. The minimum Gasteiger partial charge on any atom is -0.355 e. The molecule has 1 heterocycles. The Kier molecular flexibility index (Phi) is 6.66. The monoisotopic (exact) mass is 398 g/mol. The number of nitrogens with one attached hydrogen (secondary N) is 2. The summed E-state index contributed by atoms with van der Waals surface area (Å²) < 4.78 is 1.95. The molecule has 0 aliphatic rings. The van der Waals surface area contributed by atoms with Gasteiger partial charge in [-0.15, -0.1) is 0 Å². The Morgan fingerprint density at radius 2 is 1.82 bits per heavy atom. The van der Waals surface area contributed by atoms with Crippen molar-refractivity contribution in [3.05, 3.63) is 64.9 Å². The van der Waals surface area contributed by atoms with Crippen molar-refractivity contribution in [1.29, 1.82) is 0 Å². The third-order valence-corrected chi connectivity index (χ3v) is 4.63. The van der Waals surface area contributed by atoms with Crippen LogP contribution in [0.25, 0.3) is 11.0 Å². The van der Waals surface area contributed by atoms with Crippen LogP contribution in [0.5, 0.6) is 0 Å². The van der Waals surface area contributed by atoms with Crippen molar-refractivity contribution < 1.29 is 9.59 Å². The molecule has 1 aromatic heterocycles. The number of aromatic nitrogens is 2. The van der Waals surface area contributed by atoms with E-state index in [-0.39, 0.29) is 18.4 Å². The first-order valence-corrected chi connectivity index (χ1v) is 9.71. The minimum absolute atomic E-state index is 0.0389. The van der Waals surface area contributed by atoms with E-state index in [4.69, 9.17) is 11.6 Å². The molecule has 0 saturated carbocycles. The molecule has 6 nitrogen and oxygen atoms in total. The molecule has 3 rings (SSSR count). The number of para-hydroxylation sites is 2. The number of amides is 2. The molecular formula is C21H23ClN4O2. The second-order valence-electron chi connectivity index (χ2n) is 6.42. The molecule has 0 spiro atoms. The molecule has 0 aliphatic carbocycles. The van der Waals surface area contributed by atoms with E-state index < -0.39 is 0 Å². The molecule has 7 heteroatoms. The lowest BCUT2D eigenvalue weighted by Crippen LogP contribution is -2.28. The zero-order chi connectivity index (χ0) is 19.9. The van der Waals surface area contributed by atoms with Gasteiger partial charge in [-0.05, 0) is 49.7 Å². The Morgan fingerprint density at radius 3 is 2.57 bits per heavy atom. The summed E-state index contributed by atoms with van der Waals surface area (Å²) in [7, 11) is 0. The summed E-state index contributed by atoms with van der Waals surface area (Å²) in [5, 5.41) is 6.33. The third kappa shape index (κ3) is 4.89. The zero-order valence-electron chi connectivity index (χ0n) is 15.7. The molecule has 0 aliphatic heterocycles. The van der Waals surface area contributed by atoms with Gasteiger partial charge in [-0.2, -0.15) is 0 Å². The van der Waals surface area contributed by atoms with Gasteiger partial charge in [0.25, 0.3) is 5.91 Å². The predicted molar refractivity (Wildman–Crippen MR) is 111 cm³/mol. The lowest BCUT2D eigenvalue weighted by molar-refractivity contribution is -0.121. The highest BCUT2D eigenvalue weighted by molar-refractivity contribution is 6.30. The van der Waals surface area contributed by atoms with Gasteiger partial charge in [-0.3, -0.25) is 9.59 Å². The van der Waals surface area contributed by atoms with Crippen molar-refractivity contribution >= 4 is 34.4 Å². The van der Waals surface area contributed by atoms with Crippen LogP contribution in [-0.4, -0.2) is 34.5 Å². The molecule has 0 saturated heterocycles. The Morgan fingerprint density at radius 1 is 1.07 bits per heavy atom. The molecule has 3 aromatic rings. The Balaban J connectivity index is 1.62. The van der Waals surface area contributed by atoms with Crippen molar-refractivity contribution in [3.8, 4) is 0 Å². The number of carbonyl (C=O) groups is 2. The number of benzene rings is 2. The van der Waals surface area contributed by atoms with Crippen LogP contribution < -0.4 is 10.6 Å². The first kappa shape index (κ1) is 19.9. The quantitative estimate of drug-likeness (QED) is 0.572. The van der Waals surface area contributed by atoms with Gasteiger partial charge in [0.15, 0.2) is 0 Å². The van der Waals surface area contributed by atoms with Crippen LogP contribution in [0.4, 0.5) is 0 Å². The van der Waals surface area contributed by atoms with Gasteiger partial charge in [0.05, 0.1) is 11.0 Å². The van der Waals surface area contributed by atoms with Gasteiger partial charge in [0.2, 0.25) is 5.91 Å². The SMILES string of the molecule is CCNC(=O)Cn1c(CCCNC(=O)c2ccc(Cl)cc2)nc2ccccc21. The standard InChI is InChI=1S/C21H23ClN4O2/c1-2-23-20(27)14-26-18-7-4-3-6-17(18)25-19(26)8-5-13-24-21(28)15-9-11-16(22)12-10-15/h3-4,6-7,9-12H,2,5,8,13-14H2,1H3,(H,23,27)(H,24,28). The van der Waals surface area contributed by atoms with E-state index in [1.165, 1.54) is 0 Å². The van der Waals surface area contributed by atoms with E-state index >= 15 is 0 Å². The molecule has 0 bridgehead atoms. The molecule has 0 fully saturated rings. The fourth-order valence-corrected chi connectivity index (χ4v) is 3.17. The normalized spacial score (nSPS) is 10.8. The van der Waals surface area contributed by atoms with E-state index in [0.29, 0.717) is 30.1 Å². The van der Waals surface area contributed by atoms with Crippen LogP contribution in [0, 0.1) is 0 Å². The van der Waals surface area contributed by atoms with Crippen molar-refractivity contribution in [2.24, 2.45) is 0 Å². The first-order valence-electron chi connectivity index (χ1n) is 9.33. The Labute approximate surface area is 168 Å². The molecule has 2 amide bonds. The molecule has 28 heavy (non-hydrogen) atoms. The van der Waals surface area contributed by atoms with Crippen LogP contribution in [-0.2, 0) is 17.8 Å². The highest BCUT2D eigenvalue weighted by atomic mass is 35.5. The maximum Gasteiger partial charge on any atom is 0.251 e. The van der Waals surface area contributed by atoms with Crippen LogP contribution in [0.3, 0.4) is 0 Å². The summed E-state index contributed by atoms with van der Waals surface area (Å²) >= 11 is 5.85. The lowest BCUT2D eigenvalue weighted by Gasteiger charge is -2.10. The van der Waals surface area contributed by atoms with Crippen LogP contribution >= 0.6 is 11.6 Å². The van der Waals surface area contributed by atoms with Crippen LogP contribution in [0.15, 0.2) is 48.5 Å². The number of nitrogens with zero attached hydrogens (tertiary/aromatic N) is 2. The number of aryl methyl sites for hydroxylation is 1. The molecule has 0 atom stereocenters. The van der Waals surface area contributed by atoms with E-state index in [2.05, 4.69) is 15.6 Å². The van der Waals surface area contributed by atoms with Crippen molar-refractivity contribution in [1.82, 2.24) is 20.2 Å². The summed E-state index contributed by atoms with van der Waals surface area (Å²) in [4.78, 5) is 28.9. The van der Waals surface area contributed by atoms with E-state index in [9.17, 15) is 9.59 Å². The number of likely N-dealkylation sites (N-methyl/N-ethyl adjacent to an activating group) is 1. The second-order valence-corrected chi connectivity index (χ2v) is 6.86. The molecule has 146 valence electrons. The van der Waals surface area contributed by atoms with Crippen molar-refractivity contribution in [2.75, 3.05) is 13.1 Å². The van der Waals surface area contributed by atoms with Crippen molar-refractivity contribution in [3.63, 3.8) is 0 Å². The third-order valence-electron chi connectivity index (χ3n) is 4.38. The summed E-state index contributed by atoms with van der Waals surface area (Å²) in [5.41, 5.74) is 2.38. The van der Waals surface area contributed by atoms with Crippen LogP contribution in [0.2, 0.25) is 5.02 Å². The van der Waals surface area contributed by atoms with Gasteiger partial charge in [-0.1, -0.05) is 23.7 Å². The van der Waals surface area contributed by atoms with E-state index in [1.54, 1.807) is 24.3 Å². The number of imidazole rings is 1. The lowest BCUT2D eigenvalue weighted by atomic mass is 10.2. The van der Waals surface area contributed by atoms with Gasteiger partial charge in [0.1, 0.15) is 12.4 Å². The Bertz CT molecular complexity index is 966. The summed E-state index contributed by atoms with van der Waals surface area (Å²) in [6.45, 7) is 3.25. The molecule has 0 radical (unpaired) electrons. The molecule has 2 N–H and O–H groups in total. The largest absolute Gasteiger partial charge is 0.355 e. The molecular weight excluding hydrogens is 376 g/mol. The van der Waals surface area contributed by atoms with E-state index in [0.717, 1.165) is 23.3 Å². The maximum atomic E-state index is 12.2. The topological polar surface area (TPSA) is 76.0 Å². The number of hydrogen-bond donors (Lipinski definition) is 2. The average Bonchev–Trinajstić information content (AvgIpc) is 3.03. The molecule has 2 aromatic carbocycles. The molecule has 0 unspecified atom stereocenters. The van der Waals surface area contributed by atoms with Gasteiger partial charge < -0.3 is 15.2 Å². The number of halogens is 1. The second kappa shape index (κ2) is 9.37. The highest BCUT2D eigenvalue weighted by Gasteiger charge is 2.13. The average molecular weight is 399 g/mol. The maximum absolute atomic E-state index is 12.2. The van der Waals surface area contributed by atoms with Crippen molar-refractivity contribution in [2.45, 2.75) is 26.3 Å². The zero-order valence-corrected chi connectivity index (χ0v) is 16.5. The highest BCUT2D eigenvalue weighted by Crippen LogP contribution is 2.17. The van der Waals surface area contributed by atoms with Gasteiger partial charge >= 0.3 is 0 Å².